The van der Waals surface area contributed by atoms with Gasteiger partial charge in [-0.2, -0.15) is 0 Å². The van der Waals surface area contributed by atoms with E-state index in [1.54, 1.807) is 26.0 Å². The van der Waals surface area contributed by atoms with Gasteiger partial charge in [0.15, 0.2) is 11.5 Å². The van der Waals surface area contributed by atoms with E-state index in [1.165, 1.54) is 19.2 Å². The molecule has 0 aromatic heterocycles. The van der Waals surface area contributed by atoms with Crippen LogP contribution in [0.15, 0.2) is 42.0 Å². The Morgan fingerprint density at radius 1 is 1.29 bits per heavy atom. The number of phenols is 1. The van der Waals surface area contributed by atoms with E-state index in [9.17, 15) is 22.7 Å². The third-order valence-corrected chi connectivity index (χ3v) is 8.06. The largest absolute Gasteiger partial charge is 0.504 e. The first kappa shape index (κ1) is 25.8. The number of hydrogen-bond donors (Lipinski definition) is 1. The maximum Gasteiger partial charge on any atom is 0.335 e. The molecular weight excluding hydrogens is 485 g/mol. The number of phenolic OH excluding ortho intramolecular Hbond substituents is 1. The molecule has 2 aromatic carbocycles. The number of nitrogens with zero attached hydrogens (tertiary/aromatic N) is 1. The molecule has 0 saturated carbocycles. The quantitative estimate of drug-likeness (QED) is 0.508. The lowest BCUT2D eigenvalue weighted by Gasteiger charge is -2.32. The van der Waals surface area contributed by atoms with Crippen molar-refractivity contribution in [2.45, 2.75) is 44.9 Å². The molecule has 1 unspecified atom stereocenters. The molecule has 1 atom stereocenters. The summed E-state index contributed by atoms with van der Waals surface area (Å²) in [5, 5.41) is 8.93. The number of esters is 1. The third kappa shape index (κ3) is 5.31. The van der Waals surface area contributed by atoms with E-state index in [1.807, 2.05) is 0 Å². The van der Waals surface area contributed by atoms with Gasteiger partial charge >= 0.3 is 5.97 Å². The lowest BCUT2D eigenvalue weighted by molar-refractivity contribution is -0.138. The fourth-order valence-electron chi connectivity index (χ4n) is 3.97. The van der Waals surface area contributed by atoms with E-state index in [4.69, 9.17) is 21.1 Å². The van der Waals surface area contributed by atoms with E-state index < -0.39 is 27.1 Å². The van der Waals surface area contributed by atoms with Gasteiger partial charge in [0.05, 0.1) is 36.5 Å². The maximum absolute atomic E-state index is 14.0. The number of rotatable bonds is 8. The van der Waals surface area contributed by atoms with E-state index >= 15 is 0 Å². The first-order valence-corrected chi connectivity index (χ1v) is 12.7. The van der Waals surface area contributed by atoms with Crippen molar-refractivity contribution < 1.29 is 32.2 Å². The summed E-state index contributed by atoms with van der Waals surface area (Å²) >= 11 is 6.28. The van der Waals surface area contributed by atoms with Crippen molar-refractivity contribution >= 4 is 33.3 Å². The minimum Gasteiger partial charge on any atom is -0.504 e. The monoisotopic (exact) mass is 511 g/mol. The zero-order valence-corrected chi connectivity index (χ0v) is 20.7. The minimum atomic E-state index is -4.21. The number of allylic oxidation sites excluding steroid dienone is 1. The van der Waals surface area contributed by atoms with Gasteiger partial charge in [-0.05, 0) is 68.5 Å². The van der Waals surface area contributed by atoms with Gasteiger partial charge in [-0.1, -0.05) is 23.7 Å². The number of sulfonamides is 1. The Kier molecular flexibility index (Phi) is 8.09. The van der Waals surface area contributed by atoms with Crippen LogP contribution in [0.5, 0.6) is 11.5 Å². The molecule has 1 aliphatic carbocycles. The molecule has 3 rings (SSSR count). The molecule has 0 saturated heterocycles. The number of benzene rings is 2. The summed E-state index contributed by atoms with van der Waals surface area (Å²) < 4.78 is 53.1. The van der Waals surface area contributed by atoms with Crippen LogP contribution < -0.4 is 9.04 Å². The highest BCUT2D eigenvalue weighted by molar-refractivity contribution is 7.93. The lowest BCUT2D eigenvalue weighted by Crippen LogP contribution is -2.42. The summed E-state index contributed by atoms with van der Waals surface area (Å²) in [5.74, 6) is -1.16. The van der Waals surface area contributed by atoms with Crippen LogP contribution in [-0.4, -0.2) is 38.5 Å². The van der Waals surface area contributed by atoms with Crippen molar-refractivity contribution in [3.63, 3.8) is 0 Å². The molecular formula is C24H27ClFNO6S. The summed E-state index contributed by atoms with van der Waals surface area (Å²) in [4.78, 5) is 12.6. The van der Waals surface area contributed by atoms with E-state index in [0.717, 1.165) is 16.4 Å². The molecule has 0 amide bonds. The van der Waals surface area contributed by atoms with Gasteiger partial charge in [0.25, 0.3) is 0 Å². The summed E-state index contributed by atoms with van der Waals surface area (Å²) in [6, 6.07) is 6.59. The van der Waals surface area contributed by atoms with Gasteiger partial charge in [-0.25, -0.2) is 17.6 Å². The van der Waals surface area contributed by atoms with Crippen LogP contribution in [0.2, 0.25) is 5.02 Å². The van der Waals surface area contributed by atoms with Gasteiger partial charge in [0.1, 0.15) is 11.1 Å². The predicted molar refractivity (Wildman–Crippen MR) is 128 cm³/mol. The highest BCUT2D eigenvalue weighted by Crippen LogP contribution is 2.37. The summed E-state index contributed by atoms with van der Waals surface area (Å²) in [5.41, 5.74) is 1.15. The standard InChI is InChI=1S/C24H27ClFNO6S/c1-4-33-24(29)18-7-5-6-8-22(18)34(30,31)27(20-10-9-17(26)13-19(20)25)14-16-11-15(2)23(28)21(12-16)32-3/h7,9-13,22,28H,4-6,8,14H2,1-3H3. The first-order valence-electron chi connectivity index (χ1n) is 10.8. The van der Waals surface area contributed by atoms with Crippen LogP contribution >= 0.6 is 11.6 Å². The predicted octanol–water partition coefficient (Wildman–Crippen LogP) is 4.88. The molecule has 2 aromatic rings. The van der Waals surface area contributed by atoms with Crippen molar-refractivity contribution in [3.8, 4) is 11.5 Å². The van der Waals surface area contributed by atoms with Crippen LogP contribution in [-0.2, 0) is 26.1 Å². The normalized spacial score (nSPS) is 16.0. The van der Waals surface area contributed by atoms with Crippen molar-refractivity contribution in [2.24, 2.45) is 0 Å². The highest BCUT2D eigenvalue weighted by atomic mass is 35.5. The Labute approximate surface area is 203 Å². The molecule has 1 aliphatic rings. The van der Waals surface area contributed by atoms with Crippen molar-refractivity contribution in [3.05, 3.63) is 63.9 Å². The van der Waals surface area contributed by atoms with Gasteiger partial charge in [0.2, 0.25) is 10.0 Å². The van der Waals surface area contributed by atoms with Crippen LogP contribution in [0.1, 0.15) is 37.3 Å². The van der Waals surface area contributed by atoms with E-state index in [2.05, 4.69) is 0 Å². The number of aryl methyl sites for hydroxylation is 1. The average Bonchev–Trinajstić information content (AvgIpc) is 2.80. The van der Waals surface area contributed by atoms with Crippen molar-refractivity contribution in [1.29, 1.82) is 0 Å². The van der Waals surface area contributed by atoms with Crippen LogP contribution in [0.3, 0.4) is 0 Å². The summed E-state index contributed by atoms with van der Waals surface area (Å²) in [6.07, 6.45) is 2.96. The second kappa shape index (κ2) is 10.7. The molecule has 0 fully saturated rings. The van der Waals surface area contributed by atoms with Crippen LogP contribution in [0.25, 0.3) is 0 Å². The average molecular weight is 512 g/mol. The maximum atomic E-state index is 14.0. The zero-order valence-electron chi connectivity index (χ0n) is 19.2. The van der Waals surface area contributed by atoms with Gasteiger partial charge < -0.3 is 14.6 Å². The SMILES string of the molecule is CCOC(=O)C1=CCCCC1S(=O)(=O)N(Cc1cc(C)c(O)c(OC)c1)c1ccc(F)cc1Cl. The molecule has 0 radical (unpaired) electrons. The highest BCUT2D eigenvalue weighted by Gasteiger charge is 2.40. The van der Waals surface area contributed by atoms with Crippen molar-refractivity contribution in [1.82, 2.24) is 0 Å². The number of hydrogen-bond acceptors (Lipinski definition) is 6. The fraction of sp³-hybridized carbons (Fsp3) is 0.375. The smallest absolute Gasteiger partial charge is 0.335 e. The second-order valence-corrected chi connectivity index (χ2v) is 10.4. The van der Waals surface area contributed by atoms with Crippen LogP contribution in [0, 0.1) is 12.7 Å². The molecule has 0 heterocycles. The molecule has 0 aliphatic heterocycles. The molecule has 0 spiro atoms. The summed E-state index contributed by atoms with van der Waals surface area (Å²) in [7, 11) is -2.82. The third-order valence-electron chi connectivity index (χ3n) is 5.61. The molecule has 7 nitrogen and oxygen atoms in total. The Morgan fingerprint density at radius 3 is 2.68 bits per heavy atom. The number of carbonyl (C=O) groups is 1. The van der Waals surface area contributed by atoms with E-state index in [0.29, 0.717) is 24.0 Å². The Morgan fingerprint density at radius 2 is 2.03 bits per heavy atom. The fourth-order valence-corrected chi connectivity index (χ4v) is 6.33. The van der Waals surface area contributed by atoms with Gasteiger partial charge in [-0.3, -0.25) is 4.31 Å². The topological polar surface area (TPSA) is 93.1 Å². The first-order chi connectivity index (χ1) is 16.1. The molecule has 10 heteroatoms. The minimum absolute atomic E-state index is 0.0553. The Balaban J connectivity index is 2.13. The lowest BCUT2D eigenvalue weighted by atomic mass is 9.99. The Hall–Kier alpha value is -2.78. The Bertz CT molecular complexity index is 1210. The number of methoxy groups -OCH3 is 1. The van der Waals surface area contributed by atoms with Crippen LogP contribution in [0.4, 0.5) is 10.1 Å². The molecule has 34 heavy (non-hydrogen) atoms. The second-order valence-electron chi connectivity index (χ2n) is 7.91. The number of aromatic hydroxyl groups is 1. The van der Waals surface area contributed by atoms with Crippen molar-refractivity contribution in [2.75, 3.05) is 18.0 Å². The number of ether oxygens (including phenoxy) is 2. The molecule has 184 valence electrons. The molecule has 0 bridgehead atoms. The van der Waals surface area contributed by atoms with Gasteiger partial charge in [0, 0.05) is 0 Å². The number of carbonyl (C=O) groups excluding carboxylic acids is 1. The van der Waals surface area contributed by atoms with Gasteiger partial charge in [-0.15, -0.1) is 0 Å². The molecule has 1 N–H and O–H groups in total. The number of halogens is 2. The zero-order chi connectivity index (χ0) is 25.0. The summed E-state index contributed by atoms with van der Waals surface area (Å²) in [6.45, 7) is 3.24. The number of anilines is 1. The van der Waals surface area contributed by atoms with E-state index in [-0.39, 0.29) is 47.4 Å².